The molecule has 2 N–H and O–H groups in total. The van der Waals surface area contributed by atoms with Crippen molar-refractivity contribution in [1.29, 1.82) is 0 Å². The molecule has 1 aromatic rings. The van der Waals surface area contributed by atoms with E-state index in [0.717, 1.165) is 6.42 Å². The largest absolute Gasteiger partial charge is 0.330 e. The Kier molecular flexibility index (Phi) is 6.09. The second kappa shape index (κ2) is 7.17. The Balaban J connectivity index is 0.00000220. The molecule has 1 aliphatic heterocycles. The van der Waals surface area contributed by atoms with Crippen LogP contribution in [-0.2, 0) is 15.8 Å². The second-order valence-electron chi connectivity index (χ2n) is 4.93. The molecule has 1 heterocycles. The molecular weight excluding hydrogens is 318 g/mol. The van der Waals surface area contributed by atoms with Gasteiger partial charge in [0.2, 0.25) is 10.0 Å². The smallest absolute Gasteiger partial charge is 0.269 e. The van der Waals surface area contributed by atoms with Gasteiger partial charge >= 0.3 is 0 Å². The molecule has 1 atom stereocenters. The highest BCUT2D eigenvalue weighted by Gasteiger charge is 2.30. The Morgan fingerprint density at radius 2 is 1.95 bits per heavy atom. The minimum atomic E-state index is -3.38. The van der Waals surface area contributed by atoms with E-state index in [-0.39, 0.29) is 29.8 Å². The fraction of sp³-hybridized carbons (Fsp3) is 0.500. The zero-order chi connectivity index (χ0) is 14.8. The Hall–Kier alpha value is -1.22. The van der Waals surface area contributed by atoms with Crippen molar-refractivity contribution in [3.8, 4) is 0 Å². The highest BCUT2D eigenvalue weighted by Crippen LogP contribution is 2.22. The minimum absolute atomic E-state index is 0. The average Bonchev–Trinajstić information content (AvgIpc) is 2.88. The summed E-state index contributed by atoms with van der Waals surface area (Å²) in [6.45, 7) is 1.45. The van der Waals surface area contributed by atoms with Crippen LogP contribution in [0.5, 0.6) is 0 Å². The molecule has 1 unspecified atom stereocenters. The first-order chi connectivity index (χ1) is 9.42. The molecule has 0 spiro atoms. The summed E-state index contributed by atoms with van der Waals surface area (Å²) in [6.07, 6.45) is 0.788. The maximum atomic E-state index is 12.2. The van der Waals surface area contributed by atoms with Crippen LogP contribution in [0.4, 0.5) is 5.69 Å². The van der Waals surface area contributed by atoms with Gasteiger partial charge in [0.1, 0.15) is 0 Å². The van der Waals surface area contributed by atoms with Crippen molar-refractivity contribution in [2.45, 2.75) is 12.2 Å². The lowest BCUT2D eigenvalue weighted by molar-refractivity contribution is -0.384. The highest BCUT2D eigenvalue weighted by atomic mass is 35.5. The van der Waals surface area contributed by atoms with E-state index in [2.05, 4.69) is 0 Å². The van der Waals surface area contributed by atoms with Crippen LogP contribution < -0.4 is 5.73 Å². The summed E-state index contributed by atoms with van der Waals surface area (Å²) in [5.41, 5.74) is 6.05. The summed E-state index contributed by atoms with van der Waals surface area (Å²) in [5.74, 6) is 0.0871. The second-order valence-corrected chi connectivity index (χ2v) is 6.90. The first-order valence-electron chi connectivity index (χ1n) is 6.33. The normalized spacial score (nSPS) is 19.2. The van der Waals surface area contributed by atoms with E-state index in [0.29, 0.717) is 25.2 Å². The van der Waals surface area contributed by atoms with E-state index < -0.39 is 14.9 Å². The number of rotatable bonds is 5. The van der Waals surface area contributed by atoms with Crippen LogP contribution >= 0.6 is 12.4 Å². The number of nitro benzene ring substituents is 1. The highest BCUT2D eigenvalue weighted by molar-refractivity contribution is 7.88. The van der Waals surface area contributed by atoms with Crippen molar-refractivity contribution in [2.75, 3.05) is 19.6 Å². The van der Waals surface area contributed by atoms with Gasteiger partial charge in [-0.2, -0.15) is 0 Å². The van der Waals surface area contributed by atoms with Crippen molar-refractivity contribution >= 4 is 28.1 Å². The third-order valence-corrected chi connectivity index (χ3v) is 5.29. The number of sulfonamides is 1. The number of halogens is 1. The summed E-state index contributed by atoms with van der Waals surface area (Å²) < 4.78 is 25.9. The predicted molar refractivity (Wildman–Crippen MR) is 81.7 cm³/mol. The molecule has 1 aromatic carbocycles. The van der Waals surface area contributed by atoms with Gasteiger partial charge in [-0.15, -0.1) is 12.4 Å². The van der Waals surface area contributed by atoms with E-state index in [1.165, 1.54) is 28.6 Å². The van der Waals surface area contributed by atoms with Crippen molar-refractivity contribution in [2.24, 2.45) is 11.7 Å². The molecule has 0 amide bonds. The van der Waals surface area contributed by atoms with Crippen molar-refractivity contribution < 1.29 is 13.3 Å². The number of non-ortho nitro benzene ring substituents is 1. The van der Waals surface area contributed by atoms with Crippen LogP contribution in [0.2, 0.25) is 0 Å². The molecule has 7 nitrogen and oxygen atoms in total. The summed E-state index contributed by atoms with van der Waals surface area (Å²) in [7, 11) is -3.38. The van der Waals surface area contributed by atoms with Crippen LogP contribution in [0, 0.1) is 16.0 Å². The summed E-state index contributed by atoms with van der Waals surface area (Å²) >= 11 is 0. The van der Waals surface area contributed by atoms with Crippen LogP contribution in [0.1, 0.15) is 12.0 Å². The minimum Gasteiger partial charge on any atom is -0.330 e. The van der Waals surface area contributed by atoms with Crippen LogP contribution in [0.3, 0.4) is 0 Å². The van der Waals surface area contributed by atoms with Crippen LogP contribution in [-0.4, -0.2) is 37.3 Å². The Labute approximate surface area is 129 Å². The maximum Gasteiger partial charge on any atom is 0.269 e. The first-order valence-corrected chi connectivity index (χ1v) is 7.94. The molecule has 0 radical (unpaired) electrons. The number of hydrogen-bond acceptors (Lipinski definition) is 5. The van der Waals surface area contributed by atoms with Gasteiger partial charge in [0.25, 0.3) is 5.69 Å². The van der Waals surface area contributed by atoms with Gasteiger partial charge in [0.05, 0.1) is 10.7 Å². The number of nitrogens with two attached hydrogens (primary N) is 1. The molecule has 1 aliphatic rings. The lowest BCUT2D eigenvalue weighted by Crippen LogP contribution is -2.31. The number of nitrogens with zero attached hydrogens (tertiary/aromatic N) is 2. The average molecular weight is 336 g/mol. The topological polar surface area (TPSA) is 107 Å². The van der Waals surface area contributed by atoms with Gasteiger partial charge in [-0.25, -0.2) is 12.7 Å². The SMILES string of the molecule is Cl.NCC1CCN(S(=O)(=O)Cc2ccc([N+](=O)[O-])cc2)C1. The first kappa shape index (κ1) is 17.8. The standard InChI is InChI=1S/C12H17N3O4S.ClH/c13-7-11-5-6-14(8-11)20(18,19)9-10-1-3-12(4-2-10)15(16)17;/h1-4,11H,5-9,13H2;1H. The zero-order valence-corrected chi connectivity index (χ0v) is 13.0. The third-order valence-electron chi connectivity index (χ3n) is 3.47. The lowest BCUT2D eigenvalue weighted by Gasteiger charge is -2.16. The molecule has 9 heteroatoms. The van der Waals surface area contributed by atoms with Gasteiger partial charge in [-0.1, -0.05) is 12.1 Å². The van der Waals surface area contributed by atoms with Gasteiger partial charge in [-0.05, 0) is 24.4 Å². The zero-order valence-electron chi connectivity index (χ0n) is 11.3. The third kappa shape index (κ3) is 4.37. The van der Waals surface area contributed by atoms with Gasteiger partial charge < -0.3 is 5.73 Å². The molecule has 0 aromatic heterocycles. The molecule has 1 fully saturated rings. The predicted octanol–water partition coefficient (Wildman–Crippen LogP) is 1.13. The van der Waals surface area contributed by atoms with Crippen LogP contribution in [0.25, 0.3) is 0 Å². The quantitative estimate of drug-likeness (QED) is 0.641. The van der Waals surface area contributed by atoms with E-state index in [4.69, 9.17) is 5.73 Å². The number of nitro groups is 1. The van der Waals surface area contributed by atoms with Gasteiger partial charge in [-0.3, -0.25) is 10.1 Å². The number of benzene rings is 1. The molecule has 2 rings (SSSR count). The van der Waals surface area contributed by atoms with Crippen molar-refractivity contribution in [3.63, 3.8) is 0 Å². The van der Waals surface area contributed by atoms with Gasteiger partial charge in [0.15, 0.2) is 0 Å². The van der Waals surface area contributed by atoms with Crippen molar-refractivity contribution in [3.05, 3.63) is 39.9 Å². The van der Waals surface area contributed by atoms with E-state index >= 15 is 0 Å². The molecule has 21 heavy (non-hydrogen) atoms. The Bertz CT molecular complexity index is 591. The van der Waals surface area contributed by atoms with Crippen LogP contribution in [0.15, 0.2) is 24.3 Å². The molecular formula is C12H18ClN3O4S. The monoisotopic (exact) mass is 335 g/mol. The van der Waals surface area contributed by atoms with E-state index in [1.54, 1.807) is 0 Å². The summed E-state index contributed by atoms with van der Waals surface area (Å²) in [6, 6.07) is 5.59. The fourth-order valence-electron chi connectivity index (χ4n) is 2.26. The van der Waals surface area contributed by atoms with E-state index in [9.17, 15) is 18.5 Å². The fourth-order valence-corrected chi connectivity index (χ4v) is 3.88. The van der Waals surface area contributed by atoms with Gasteiger partial charge in [0, 0.05) is 25.2 Å². The lowest BCUT2D eigenvalue weighted by atomic mass is 10.1. The Morgan fingerprint density at radius 3 is 2.43 bits per heavy atom. The number of hydrogen-bond donors (Lipinski definition) is 1. The summed E-state index contributed by atoms with van der Waals surface area (Å²) in [5, 5.41) is 10.5. The summed E-state index contributed by atoms with van der Waals surface area (Å²) in [4.78, 5) is 10.0. The molecule has 0 aliphatic carbocycles. The maximum absolute atomic E-state index is 12.2. The van der Waals surface area contributed by atoms with E-state index in [1.807, 2.05) is 0 Å². The Morgan fingerprint density at radius 1 is 1.33 bits per heavy atom. The van der Waals surface area contributed by atoms with Crippen molar-refractivity contribution in [1.82, 2.24) is 4.31 Å². The molecule has 0 bridgehead atoms. The molecule has 0 saturated carbocycles. The molecule has 1 saturated heterocycles. The molecule has 118 valence electrons.